The van der Waals surface area contributed by atoms with E-state index in [1.54, 1.807) is 19.1 Å². The van der Waals surface area contributed by atoms with Gasteiger partial charge in [0.2, 0.25) is 0 Å². The van der Waals surface area contributed by atoms with E-state index in [1.807, 2.05) is 13.8 Å². The van der Waals surface area contributed by atoms with Crippen molar-refractivity contribution in [1.29, 1.82) is 0 Å². The molecule has 0 aliphatic carbocycles. The minimum atomic E-state index is -0.849. The molecule has 0 saturated carbocycles. The Morgan fingerprint density at radius 2 is 1.38 bits per heavy atom. The Bertz CT molecular complexity index is 899. The van der Waals surface area contributed by atoms with Gasteiger partial charge in [0, 0.05) is 10.7 Å². The van der Waals surface area contributed by atoms with E-state index >= 15 is 0 Å². The van der Waals surface area contributed by atoms with Gasteiger partial charge in [0.25, 0.3) is 5.91 Å². The Balaban J connectivity index is 2.22. The van der Waals surface area contributed by atoms with Crippen molar-refractivity contribution in [1.82, 2.24) is 0 Å². The fourth-order valence-corrected chi connectivity index (χ4v) is 2.76. The molecule has 2 rings (SSSR count). The fourth-order valence-electron chi connectivity index (χ4n) is 2.65. The zero-order valence-electron chi connectivity index (χ0n) is 16.8. The molecule has 29 heavy (non-hydrogen) atoms. The van der Waals surface area contributed by atoms with Crippen molar-refractivity contribution in [3.63, 3.8) is 0 Å². The zero-order chi connectivity index (χ0) is 21.7. The average molecular weight is 420 g/mol. The maximum atomic E-state index is 12.6. The van der Waals surface area contributed by atoms with Crippen molar-refractivity contribution >= 4 is 35.1 Å². The van der Waals surface area contributed by atoms with Crippen molar-refractivity contribution in [2.45, 2.75) is 26.9 Å². The lowest BCUT2D eigenvalue weighted by atomic mass is 10.1. The van der Waals surface area contributed by atoms with E-state index in [-0.39, 0.29) is 16.8 Å². The molecule has 1 atom stereocenters. The largest absolute Gasteiger partial charge is 0.481 e. The standard InChI is InChI=1S/C21H22ClNO6/c1-11-6-17(7-12(2)18(11)22)29-13(3)19(24)23-16-9-14(20(25)27-4)8-15(10-16)21(26)28-5/h6-10,13H,1-5H3,(H,23,24)/t13-/m0/s1. The monoisotopic (exact) mass is 419 g/mol. The second-order valence-corrected chi connectivity index (χ2v) is 6.78. The Morgan fingerprint density at radius 3 is 1.83 bits per heavy atom. The van der Waals surface area contributed by atoms with Gasteiger partial charge in [0.05, 0.1) is 25.3 Å². The molecular weight excluding hydrogens is 398 g/mol. The molecule has 0 fully saturated rings. The molecule has 7 nitrogen and oxygen atoms in total. The van der Waals surface area contributed by atoms with Crippen LogP contribution in [-0.4, -0.2) is 38.2 Å². The quantitative estimate of drug-likeness (QED) is 0.713. The van der Waals surface area contributed by atoms with E-state index in [4.69, 9.17) is 16.3 Å². The van der Waals surface area contributed by atoms with Gasteiger partial charge >= 0.3 is 11.9 Å². The van der Waals surface area contributed by atoms with E-state index in [9.17, 15) is 14.4 Å². The summed E-state index contributed by atoms with van der Waals surface area (Å²) < 4.78 is 15.1. The molecule has 1 N–H and O–H groups in total. The normalized spacial score (nSPS) is 11.4. The topological polar surface area (TPSA) is 90.9 Å². The number of carbonyl (C=O) groups is 3. The van der Waals surface area contributed by atoms with Crippen LogP contribution < -0.4 is 10.1 Å². The van der Waals surface area contributed by atoms with E-state index in [1.165, 1.54) is 32.4 Å². The van der Waals surface area contributed by atoms with Crippen molar-refractivity contribution < 1.29 is 28.6 Å². The maximum absolute atomic E-state index is 12.6. The summed E-state index contributed by atoms with van der Waals surface area (Å²) in [6, 6.07) is 7.62. The summed E-state index contributed by atoms with van der Waals surface area (Å²) in [5.41, 5.74) is 2.11. The predicted molar refractivity (Wildman–Crippen MR) is 109 cm³/mol. The van der Waals surface area contributed by atoms with Crippen LogP contribution in [0, 0.1) is 13.8 Å². The number of benzene rings is 2. The first-order valence-corrected chi connectivity index (χ1v) is 9.10. The summed E-state index contributed by atoms with van der Waals surface area (Å²) in [7, 11) is 2.44. The van der Waals surface area contributed by atoms with Crippen LogP contribution in [0.5, 0.6) is 5.75 Å². The van der Waals surface area contributed by atoms with Gasteiger partial charge in [-0.25, -0.2) is 9.59 Å². The SMILES string of the molecule is COC(=O)c1cc(NC(=O)[C@H](C)Oc2cc(C)c(Cl)c(C)c2)cc(C(=O)OC)c1. The first-order valence-electron chi connectivity index (χ1n) is 8.72. The van der Waals surface area contributed by atoms with Gasteiger partial charge in [-0.15, -0.1) is 0 Å². The first-order chi connectivity index (χ1) is 13.7. The summed E-state index contributed by atoms with van der Waals surface area (Å²) in [6.07, 6.45) is -0.849. The number of amides is 1. The summed E-state index contributed by atoms with van der Waals surface area (Å²) in [6.45, 7) is 5.28. The van der Waals surface area contributed by atoms with Crippen molar-refractivity contribution in [3.8, 4) is 5.75 Å². The second-order valence-electron chi connectivity index (χ2n) is 6.40. The van der Waals surface area contributed by atoms with Crippen LogP contribution in [0.1, 0.15) is 38.8 Å². The smallest absolute Gasteiger partial charge is 0.337 e. The van der Waals surface area contributed by atoms with Crippen LogP contribution in [0.25, 0.3) is 0 Å². The molecule has 0 aliphatic heterocycles. The Hall–Kier alpha value is -3.06. The van der Waals surface area contributed by atoms with Gasteiger partial charge in [0.1, 0.15) is 5.75 Å². The highest BCUT2D eigenvalue weighted by atomic mass is 35.5. The lowest BCUT2D eigenvalue weighted by Crippen LogP contribution is -2.30. The second kappa shape index (κ2) is 9.43. The van der Waals surface area contributed by atoms with Gasteiger partial charge in [-0.05, 0) is 62.2 Å². The van der Waals surface area contributed by atoms with Crippen LogP contribution in [0.3, 0.4) is 0 Å². The summed E-state index contributed by atoms with van der Waals surface area (Å²) >= 11 is 6.15. The van der Waals surface area contributed by atoms with Crippen LogP contribution in [-0.2, 0) is 14.3 Å². The highest BCUT2D eigenvalue weighted by Gasteiger charge is 2.19. The molecule has 1 amide bonds. The van der Waals surface area contributed by atoms with E-state index < -0.39 is 23.9 Å². The summed E-state index contributed by atoms with van der Waals surface area (Å²) in [4.78, 5) is 36.3. The maximum Gasteiger partial charge on any atom is 0.337 e. The van der Waals surface area contributed by atoms with Crippen molar-refractivity contribution in [2.75, 3.05) is 19.5 Å². The van der Waals surface area contributed by atoms with Crippen LogP contribution >= 0.6 is 11.6 Å². The lowest BCUT2D eigenvalue weighted by molar-refractivity contribution is -0.122. The number of hydrogen-bond donors (Lipinski definition) is 1. The minimum absolute atomic E-state index is 0.100. The molecule has 0 spiro atoms. The third kappa shape index (κ3) is 5.48. The molecule has 154 valence electrons. The number of anilines is 1. The molecule has 0 heterocycles. The Labute approximate surface area is 173 Å². The highest BCUT2D eigenvalue weighted by molar-refractivity contribution is 6.32. The number of nitrogens with one attached hydrogen (secondary N) is 1. The first kappa shape index (κ1) is 22.2. The lowest BCUT2D eigenvalue weighted by Gasteiger charge is -2.17. The van der Waals surface area contributed by atoms with Gasteiger partial charge in [-0.2, -0.15) is 0 Å². The van der Waals surface area contributed by atoms with Crippen LogP contribution in [0.4, 0.5) is 5.69 Å². The third-order valence-corrected chi connectivity index (χ3v) is 4.73. The van der Waals surface area contributed by atoms with E-state index in [0.29, 0.717) is 10.8 Å². The molecular formula is C21H22ClNO6. The fraction of sp³-hybridized carbons (Fsp3) is 0.286. The number of esters is 2. The zero-order valence-corrected chi connectivity index (χ0v) is 17.5. The number of ether oxygens (including phenoxy) is 3. The molecule has 2 aromatic carbocycles. The summed E-state index contributed by atoms with van der Waals surface area (Å²) in [5.74, 6) is -1.26. The molecule has 0 radical (unpaired) electrons. The van der Waals surface area contributed by atoms with Crippen molar-refractivity contribution in [2.24, 2.45) is 0 Å². The van der Waals surface area contributed by atoms with E-state index in [2.05, 4.69) is 14.8 Å². The predicted octanol–water partition coefficient (Wildman–Crippen LogP) is 3.94. The number of rotatable bonds is 6. The molecule has 0 unspecified atom stereocenters. The van der Waals surface area contributed by atoms with E-state index in [0.717, 1.165) is 11.1 Å². The average Bonchev–Trinajstić information content (AvgIpc) is 2.70. The van der Waals surface area contributed by atoms with Crippen LogP contribution in [0.15, 0.2) is 30.3 Å². The minimum Gasteiger partial charge on any atom is -0.481 e. The van der Waals surface area contributed by atoms with Gasteiger partial charge in [-0.3, -0.25) is 4.79 Å². The van der Waals surface area contributed by atoms with Gasteiger partial charge in [-0.1, -0.05) is 11.6 Å². The number of hydrogen-bond acceptors (Lipinski definition) is 6. The Morgan fingerprint density at radius 1 is 0.897 bits per heavy atom. The molecule has 8 heteroatoms. The molecule has 0 saturated heterocycles. The van der Waals surface area contributed by atoms with Crippen molar-refractivity contribution in [3.05, 3.63) is 57.6 Å². The highest BCUT2D eigenvalue weighted by Crippen LogP contribution is 2.26. The van der Waals surface area contributed by atoms with Crippen LogP contribution in [0.2, 0.25) is 5.02 Å². The number of halogens is 1. The molecule has 0 aromatic heterocycles. The van der Waals surface area contributed by atoms with Gasteiger partial charge < -0.3 is 19.5 Å². The molecule has 0 aliphatic rings. The third-order valence-electron chi connectivity index (χ3n) is 4.13. The number of carbonyl (C=O) groups excluding carboxylic acids is 3. The number of aryl methyl sites for hydroxylation is 2. The molecule has 2 aromatic rings. The molecule has 0 bridgehead atoms. The summed E-state index contributed by atoms with van der Waals surface area (Å²) in [5, 5.41) is 3.28. The Kier molecular flexibility index (Phi) is 7.23. The number of methoxy groups -OCH3 is 2. The van der Waals surface area contributed by atoms with Gasteiger partial charge in [0.15, 0.2) is 6.10 Å².